The number of hydrogen-bond acceptors (Lipinski definition) is 4. The molecule has 0 bridgehead atoms. The fourth-order valence-corrected chi connectivity index (χ4v) is 2.83. The minimum Gasteiger partial charge on any atom is -0.275 e. The van der Waals surface area contributed by atoms with Gasteiger partial charge in [-0.3, -0.25) is 9.63 Å². The summed E-state index contributed by atoms with van der Waals surface area (Å²) in [7, 11) is -2.69. The highest BCUT2D eigenvalue weighted by atomic mass is 32.2. The van der Waals surface area contributed by atoms with Gasteiger partial charge in [-0.15, -0.1) is 0 Å². The van der Waals surface area contributed by atoms with Crippen LogP contribution >= 0.6 is 0 Å². The second-order valence-corrected chi connectivity index (χ2v) is 6.56. The summed E-state index contributed by atoms with van der Waals surface area (Å²) in [5.74, 6) is -2.51. The zero-order chi connectivity index (χ0) is 18.9. The minimum absolute atomic E-state index is 0.0463. The van der Waals surface area contributed by atoms with Crippen molar-refractivity contribution in [3.8, 4) is 0 Å². The molecular weight excluding hydrogens is 368 g/mol. The number of carbonyl (C=O) groups excluding carboxylic acids is 1. The van der Waals surface area contributed by atoms with Gasteiger partial charge in [0.15, 0.2) is 9.84 Å². The van der Waals surface area contributed by atoms with E-state index in [0.717, 1.165) is 14.2 Å². The van der Waals surface area contributed by atoms with Crippen molar-refractivity contribution in [2.75, 3.05) is 19.9 Å². The highest BCUT2D eigenvalue weighted by Crippen LogP contribution is 2.37. The summed E-state index contributed by atoms with van der Waals surface area (Å²) in [6, 6.07) is -0.114. The third-order valence-electron chi connectivity index (χ3n) is 2.86. The standard InChI is InChI=1S/C12H11F6NO4S/c1-19(23-2)10(20)6-24(21,22)9-4-7(11(13,14)15)3-8(5-9)12(16,17)18/h3-5H,6H2,1-2H3. The van der Waals surface area contributed by atoms with Gasteiger partial charge >= 0.3 is 12.4 Å². The smallest absolute Gasteiger partial charge is 0.275 e. The van der Waals surface area contributed by atoms with Gasteiger partial charge in [-0.1, -0.05) is 0 Å². The predicted octanol–water partition coefficient (Wildman–Crippen LogP) is 2.52. The van der Waals surface area contributed by atoms with Crippen molar-refractivity contribution in [1.29, 1.82) is 0 Å². The van der Waals surface area contributed by atoms with Crippen molar-refractivity contribution in [1.82, 2.24) is 5.06 Å². The van der Waals surface area contributed by atoms with E-state index in [1.807, 2.05) is 0 Å². The molecule has 0 radical (unpaired) electrons. The topological polar surface area (TPSA) is 63.7 Å². The molecule has 12 heteroatoms. The summed E-state index contributed by atoms with van der Waals surface area (Å²) in [6.45, 7) is 0. The molecule has 0 aliphatic carbocycles. The Labute approximate surface area is 132 Å². The summed E-state index contributed by atoms with van der Waals surface area (Å²) in [5.41, 5.74) is -3.58. The van der Waals surface area contributed by atoms with E-state index in [1.165, 1.54) is 0 Å². The van der Waals surface area contributed by atoms with Gasteiger partial charge < -0.3 is 0 Å². The number of rotatable bonds is 4. The molecule has 0 unspecified atom stereocenters. The van der Waals surface area contributed by atoms with Gasteiger partial charge in [0, 0.05) is 7.05 Å². The average Bonchev–Trinajstić information content (AvgIpc) is 2.43. The molecule has 0 saturated carbocycles. The molecular formula is C12H11F6NO4S. The van der Waals surface area contributed by atoms with E-state index in [4.69, 9.17) is 0 Å². The lowest BCUT2D eigenvalue weighted by molar-refractivity contribution is -0.165. The summed E-state index contributed by atoms with van der Waals surface area (Å²) in [6.07, 6.45) is -10.4. The van der Waals surface area contributed by atoms with Crippen LogP contribution in [0.4, 0.5) is 26.3 Å². The maximum atomic E-state index is 12.7. The Balaban J connectivity index is 3.44. The lowest BCUT2D eigenvalue weighted by Gasteiger charge is -2.16. The summed E-state index contributed by atoms with van der Waals surface area (Å²) in [5, 5.41) is 0.482. The zero-order valence-corrected chi connectivity index (χ0v) is 13.0. The fraction of sp³-hybridized carbons (Fsp3) is 0.417. The number of amides is 1. The van der Waals surface area contributed by atoms with E-state index in [2.05, 4.69) is 4.84 Å². The molecule has 0 saturated heterocycles. The summed E-state index contributed by atoms with van der Waals surface area (Å²) >= 11 is 0. The van der Waals surface area contributed by atoms with Crippen LogP contribution in [0.5, 0.6) is 0 Å². The minimum atomic E-state index is -5.20. The molecule has 0 aromatic heterocycles. The number of hydroxylamine groups is 2. The lowest BCUT2D eigenvalue weighted by Crippen LogP contribution is -2.31. The van der Waals surface area contributed by atoms with Crippen molar-refractivity contribution in [3.63, 3.8) is 0 Å². The number of alkyl halides is 6. The van der Waals surface area contributed by atoms with E-state index in [1.54, 1.807) is 0 Å². The maximum Gasteiger partial charge on any atom is 0.416 e. The van der Waals surface area contributed by atoms with Gasteiger partial charge in [0.2, 0.25) is 0 Å². The van der Waals surface area contributed by atoms with E-state index < -0.39 is 49.9 Å². The van der Waals surface area contributed by atoms with Crippen LogP contribution in [0, 0.1) is 0 Å². The van der Waals surface area contributed by atoms with E-state index in [-0.39, 0.29) is 18.2 Å². The van der Waals surface area contributed by atoms with Crippen LogP contribution in [0.1, 0.15) is 11.1 Å². The number of halogens is 6. The summed E-state index contributed by atoms with van der Waals surface area (Å²) in [4.78, 5) is 14.7. The highest BCUT2D eigenvalue weighted by molar-refractivity contribution is 7.92. The van der Waals surface area contributed by atoms with Crippen molar-refractivity contribution >= 4 is 15.7 Å². The van der Waals surface area contributed by atoms with Gasteiger partial charge in [-0.25, -0.2) is 13.5 Å². The van der Waals surface area contributed by atoms with Crippen LogP contribution in [0.3, 0.4) is 0 Å². The van der Waals surface area contributed by atoms with Crippen LogP contribution in [-0.4, -0.2) is 39.3 Å². The molecule has 0 aliphatic heterocycles. The van der Waals surface area contributed by atoms with Crippen LogP contribution in [-0.2, 0) is 31.8 Å². The Morgan fingerprint density at radius 2 is 1.46 bits per heavy atom. The Morgan fingerprint density at radius 3 is 1.79 bits per heavy atom. The highest BCUT2D eigenvalue weighted by Gasteiger charge is 2.38. The first kappa shape index (κ1) is 20.2. The van der Waals surface area contributed by atoms with Crippen LogP contribution in [0.15, 0.2) is 23.1 Å². The van der Waals surface area contributed by atoms with Crippen LogP contribution in [0.25, 0.3) is 0 Å². The quantitative estimate of drug-likeness (QED) is 0.596. The Hall–Kier alpha value is -1.82. The Bertz CT molecular complexity index is 694. The SMILES string of the molecule is CON(C)C(=O)CS(=O)(=O)c1cc(C(F)(F)F)cc(C(F)(F)F)c1. The second kappa shape index (κ2) is 6.59. The number of sulfone groups is 1. The van der Waals surface area contributed by atoms with Gasteiger partial charge in [0.25, 0.3) is 5.91 Å². The third kappa shape index (κ3) is 4.84. The number of benzene rings is 1. The second-order valence-electron chi connectivity index (χ2n) is 4.57. The molecule has 136 valence electrons. The monoisotopic (exact) mass is 379 g/mol. The molecule has 1 aromatic rings. The fourth-order valence-electron chi connectivity index (χ4n) is 1.54. The average molecular weight is 379 g/mol. The van der Waals surface area contributed by atoms with E-state index in [0.29, 0.717) is 5.06 Å². The van der Waals surface area contributed by atoms with Crippen molar-refractivity contribution < 1.29 is 44.4 Å². The third-order valence-corrected chi connectivity index (χ3v) is 4.44. The first-order valence-electron chi connectivity index (χ1n) is 6.01. The predicted molar refractivity (Wildman–Crippen MR) is 68.3 cm³/mol. The Morgan fingerprint density at radius 1 is 1.04 bits per heavy atom. The van der Waals surface area contributed by atoms with Gasteiger partial charge in [-0.2, -0.15) is 26.3 Å². The molecule has 0 aliphatic rings. The number of carbonyl (C=O) groups is 1. The molecule has 0 heterocycles. The zero-order valence-electron chi connectivity index (χ0n) is 12.2. The van der Waals surface area contributed by atoms with Crippen LogP contribution in [0.2, 0.25) is 0 Å². The molecule has 5 nitrogen and oxygen atoms in total. The first-order valence-corrected chi connectivity index (χ1v) is 7.66. The molecule has 24 heavy (non-hydrogen) atoms. The molecule has 1 aromatic carbocycles. The Kier molecular flexibility index (Phi) is 5.55. The largest absolute Gasteiger partial charge is 0.416 e. The van der Waals surface area contributed by atoms with Gasteiger partial charge in [0.05, 0.1) is 23.1 Å². The molecule has 0 N–H and O–H groups in total. The van der Waals surface area contributed by atoms with Crippen LogP contribution < -0.4 is 0 Å². The van der Waals surface area contributed by atoms with E-state index >= 15 is 0 Å². The number of hydrogen-bond donors (Lipinski definition) is 0. The molecule has 0 spiro atoms. The summed E-state index contributed by atoms with van der Waals surface area (Å²) < 4.78 is 100. The number of nitrogens with zero attached hydrogens (tertiary/aromatic N) is 1. The normalized spacial score (nSPS) is 13.0. The van der Waals surface area contributed by atoms with Gasteiger partial charge in [-0.05, 0) is 18.2 Å². The van der Waals surface area contributed by atoms with Crippen molar-refractivity contribution in [2.45, 2.75) is 17.2 Å². The lowest BCUT2D eigenvalue weighted by atomic mass is 10.1. The van der Waals surface area contributed by atoms with E-state index in [9.17, 15) is 39.6 Å². The first-order chi connectivity index (χ1) is 10.7. The maximum absolute atomic E-state index is 12.7. The molecule has 1 rings (SSSR count). The van der Waals surface area contributed by atoms with Gasteiger partial charge in [0.1, 0.15) is 5.75 Å². The van der Waals surface area contributed by atoms with Crippen molar-refractivity contribution in [3.05, 3.63) is 29.3 Å². The molecule has 0 fully saturated rings. The molecule has 0 atom stereocenters. The molecule has 1 amide bonds. The van der Waals surface area contributed by atoms with Crippen molar-refractivity contribution in [2.24, 2.45) is 0 Å².